The van der Waals surface area contributed by atoms with Crippen LogP contribution in [0.4, 0.5) is 0 Å². The lowest BCUT2D eigenvalue weighted by Crippen LogP contribution is -2.19. The van der Waals surface area contributed by atoms with Crippen molar-refractivity contribution in [2.75, 3.05) is 7.11 Å². The Bertz CT molecular complexity index is 712. The monoisotopic (exact) mass is 309 g/mol. The maximum Gasteiger partial charge on any atom is 0.182 e. The van der Waals surface area contributed by atoms with E-state index in [4.69, 9.17) is 4.74 Å². The van der Waals surface area contributed by atoms with Gasteiger partial charge in [0.05, 0.1) is 12.8 Å². The Labute approximate surface area is 133 Å². The Morgan fingerprint density at radius 3 is 2.30 bits per heavy atom. The van der Waals surface area contributed by atoms with Crippen molar-refractivity contribution in [1.82, 2.24) is 4.98 Å². The van der Waals surface area contributed by atoms with Gasteiger partial charge in [-0.2, -0.15) is 0 Å². The Balaban J connectivity index is 2.48. The minimum absolute atomic E-state index is 0.208. The molecular weight excluding hydrogens is 294 g/mol. The zero-order valence-corrected chi connectivity index (χ0v) is 12.5. The van der Waals surface area contributed by atoms with Gasteiger partial charge in [-0.05, 0) is 35.9 Å². The van der Waals surface area contributed by atoms with Gasteiger partial charge in [0, 0.05) is 11.8 Å². The first-order valence-corrected chi connectivity index (χ1v) is 6.91. The fourth-order valence-corrected chi connectivity index (χ4v) is 2.00. The first kappa shape index (κ1) is 16.3. The van der Waals surface area contributed by atoms with Crippen LogP contribution in [-0.2, 0) is 14.4 Å². The highest BCUT2D eigenvalue weighted by Gasteiger charge is 2.22. The van der Waals surface area contributed by atoms with Crippen LogP contribution < -0.4 is 4.74 Å². The van der Waals surface area contributed by atoms with Crippen molar-refractivity contribution in [2.24, 2.45) is 5.92 Å². The van der Waals surface area contributed by atoms with Crippen LogP contribution in [0.3, 0.4) is 0 Å². The quantitative estimate of drug-likeness (QED) is 0.445. The lowest BCUT2D eigenvalue weighted by molar-refractivity contribution is -0.128. The van der Waals surface area contributed by atoms with Gasteiger partial charge in [-0.1, -0.05) is 18.2 Å². The predicted molar refractivity (Wildman–Crippen MR) is 85.7 cm³/mol. The molecule has 5 nitrogen and oxygen atoms in total. The molecule has 116 valence electrons. The van der Waals surface area contributed by atoms with Gasteiger partial charge < -0.3 is 14.3 Å². The number of carbonyl (C=O) groups excluding carboxylic acids is 3. The number of carbonyl (C=O) groups is 3. The smallest absolute Gasteiger partial charge is 0.182 e. The summed E-state index contributed by atoms with van der Waals surface area (Å²) in [5.74, 6) is -1.22. The summed E-state index contributed by atoms with van der Waals surface area (Å²) >= 11 is 0. The van der Waals surface area contributed by atoms with E-state index in [1.165, 1.54) is 0 Å². The van der Waals surface area contributed by atoms with Gasteiger partial charge in [-0.25, -0.2) is 0 Å². The second kappa shape index (κ2) is 7.79. The summed E-state index contributed by atoms with van der Waals surface area (Å²) in [4.78, 5) is 38.4. The number of aromatic nitrogens is 1. The average molecular weight is 309 g/mol. The molecule has 0 saturated carbocycles. The van der Waals surface area contributed by atoms with Crippen molar-refractivity contribution in [3.8, 4) is 5.75 Å². The number of ketones is 1. The lowest BCUT2D eigenvalue weighted by Gasteiger charge is -2.08. The third-order valence-electron chi connectivity index (χ3n) is 3.23. The molecule has 0 aliphatic rings. The minimum atomic E-state index is -1.33. The molecule has 0 atom stereocenters. The van der Waals surface area contributed by atoms with Crippen molar-refractivity contribution < 1.29 is 19.1 Å². The van der Waals surface area contributed by atoms with Gasteiger partial charge in [-0.15, -0.1) is 0 Å². The first-order chi connectivity index (χ1) is 11.2. The molecule has 2 rings (SSSR count). The SMILES string of the molecule is COc1ccc(C=C(C(=O)C(C=O)C=O)c2ccccn2)cc1. The number of rotatable bonds is 7. The second-order valence-electron chi connectivity index (χ2n) is 4.71. The highest BCUT2D eigenvalue weighted by atomic mass is 16.5. The van der Waals surface area contributed by atoms with Crippen molar-refractivity contribution in [3.63, 3.8) is 0 Å². The molecule has 5 heteroatoms. The Kier molecular flexibility index (Phi) is 5.52. The van der Waals surface area contributed by atoms with Crippen LogP contribution in [0.15, 0.2) is 48.7 Å². The summed E-state index contributed by atoms with van der Waals surface area (Å²) in [6.07, 6.45) is 3.81. The summed E-state index contributed by atoms with van der Waals surface area (Å²) < 4.78 is 5.09. The van der Waals surface area contributed by atoms with Crippen LogP contribution in [0.2, 0.25) is 0 Å². The largest absolute Gasteiger partial charge is 0.497 e. The van der Waals surface area contributed by atoms with E-state index in [-0.39, 0.29) is 5.57 Å². The van der Waals surface area contributed by atoms with Crippen molar-refractivity contribution in [3.05, 3.63) is 59.9 Å². The fourth-order valence-electron chi connectivity index (χ4n) is 2.00. The molecule has 0 aliphatic carbocycles. The van der Waals surface area contributed by atoms with Crippen LogP contribution in [0.25, 0.3) is 11.6 Å². The van der Waals surface area contributed by atoms with E-state index in [0.717, 1.165) is 5.56 Å². The van der Waals surface area contributed by atoms with Crippen LogP contribution in [-0.4, -0.2) is 30.4 Å². The number of nitrogens with zero attached hydrogens (tertiary/aromatic N) is 1. The molecule has 0 fully saturated rings. The molecule has 0 aliphatic heterocycles. The van der Waals surface area contributed by atoms with E-state index in [2.05, 4.69) is 4.98 Å². The normalized spacial score (nSPS) is 11.1. The maximum absolute atomic E-state index is 12.4. The minimum Gasteiger partial charge on any atom is -0.497 e. The number of methoxy groups -OCH3 is 1. The summed E-state index contributed by atoms with van der Waals surface area (Å²) in [5, 5.41) is 0. The summed E-state index contributed by atoms with van der Waals surface area (Å²) in [5.41, 5.74) is 1.34. The molecule has 0 radical (unpaired) electrons. The van der Waals surface area contributed by atoms with Crippen LogP contribution >= 0.6 is 0 Å². The second-order valence-corrected chi connectivity index (χ2v) is 4.71. The molecular formula is C18H15NO4. The number of Topliss-reactive ketones (excluding diaryl/α,β-unsaturated/α-hetero) is 1. The van der Waals surface area contributed by atoms with Gasteiger partial charge in [0.25, 0.3) is 0 Å². The van der Waals surface area contributed by atoms with Gasteiger partial charge >= 0.3 is 0 Å². The topological polar surface area (TPSA) is 73.3 Å². The van der Waals surface area contributed by atoms with Gasteiger partial charge in [0.1, 0.15) is 24.2 Å². The van der Waals surface area contributed by atoms with E-state index in [9.17, 15) is 14.4 Å². The standard InChI is InChI=1S/C18H15NO4/c1-23-15-7-5-13(6-8-15)10-16(17-4-2-3-9-19-17)18(22)14(11-20)12-21/h2-12,14H,1H3. The highest BCUT2D eigenvalue weighted by molar-refractivity contribution is 6.32. The Morgan fingerprint density at radius 2 is 1.78 bits per heavy atom. The third-order valence-corrected chi connectivity index (χ3v) is 3.23. The fraction of sp³-hybridized carbons (Fsp3) is 0.111. The highest BCUT2D eigenvalue weighted by Crippen LogP contribution is 2.21. The van der Waals surface area contributed by atoms with E-state index in [1.807, 2.05) is 0 Å². The van der Waals surface area contributed by atoms with Crippen LogP contribution in [0, 0.1) is 5.92 Å². The molecule has 23 heavy (non-hydrogen) atoms. The molecule has 0 unspecified atom stereocenters. The number of pyridine rings is 1. The molecule has 1 aromatic heterocycles. The Morgan fingerprint density at radius 1 is 1.09 bits per heavy atom. The number of aldehydes is 2. The van der Waals surface area contributed by atoms with E-state index in [0.29, 0.717) is 24.0 Å². The number of hydrogen-bond donors (Lipinski definition) is 0. The Hall–Kier alpha value is -3.08. The van der Waals surface area contributed by atoms with Crippen molar-refractivity contribution >= 4 is 30.0 Å². The molecule has 1 heterocycles. The maximum atomic E-state index is 12.4. The van der Waals surface area contributed by atoms with Gasteiger partial charge in [-0.3, -0.25) is 9.78 Å². The van der Waals surface area contributed by atoms with Crippen molar-refractivity contribution in [1.29, 1.82) is 0 Å². The summed E-state index contributed by atoms with van der Waals surface area (Å²) in [6.45, 7) is 0. The lowest BCUT2D eigenvalue weighted by atomic mass is 9.95. The third kappa shape index (κ3) is 3.97. The number of allylic oxidation sites excluding steroid dienone is 1. The zero-order valence-electron chi connectivity index (χ0n) is 12.5. The van der Waals surface area contributed by atoms with Crippen molar-refractivity contribution in [2.45, 2.75) is 0 Å². The molecule has 2 aromatic rings. The molecule has 1 aromatic carbocycles. The number of ether oxygens (including phenoxy) is 1. The van der Waals surface area contributed by atoms with Gasteiger partial charge in [0.2, 0.25) is 0 Å². The van der Waals surface area contributed by atoms with E-state index >= 15 is 0 Å². The van der Waals surface area contributed by atoms with E-state index in [1.54, 1.807) is 61.8 Å². The number of benzene rings is 1. The van der Waals surface area contributed by atoms with Gasteiger partial charge in [0.15, 0.2) is 5.78 Å². The number of hydrogen-bond acceptors (Lipinski definition) is 5. The summed E-state index contributed by atoms with van der Waals surface area (Å²) in [7, 11) is 1.56. The molecule has 0 spiro atoms. The van der Waals surface area contributed by atoms with E-state index < -0.39 is 11.7 Å². The first-order valence-electron chi connectivity index (χ1n) is 6.91. The molecule has 0 saturated heterocycles. The predicted octanol–water partition coefficient (Wildman–Crippen LogP) is 2.21. The van der Waals surface area contributed by atoms with Crippen LogP contribution in [0.1, 0.15) is 11.3 Å². The van der Waals surface area contributed by atoms with Crippen LogP contribution in [0.5, 0.6) is 5.75 Å². The molecule has 0 amide bonds. The molecule has 0 bridgehead atoms. The zero-order chi connectivity index (χ0) is 16.7. The molecule has 0 N–H and O–H groups in total. The average Bonchev–Trinajstić information content (AvgIpc) is 2.62. The summed E-state index contributed by atoms with van der Waals surface area (Å²) in [6, 6.07) is 12.1.